The molecular weight excluding hydrogens is 278 g/mol. The Balaban J connectivity index is 1.85. The molecule has 20 heavy (non-hydrogen) atoms. The van der Waals surface area contributed by atoms with E-state index in [-0.39, 0.29) is 11.7 Å². The number of carbonyl (C=O) groups excluding carboxylic acids is 1. The number of benzene rings is 1. The highest BCUT2D eigenvalue weighted by Crippen LogP contribution is 2.23. The SMILES string of the molecule is O=C(c1ccc(-n2cnnn2)cc1O)N1CCSCC1. The van der Waals surface area contributed by atoms with Gasteiger partial charge in [-0.25, -0.2) is 4.68 Å². The standard InChI is InChI=1S/C12H13N5O2S/c18-11-7-9(17-8-13-14-15-17)1-2-10(11)12(19)16-3-5-20-6-4-16/h1-2,7-8,18H,3-6H2. The van der Waals surface area contributed by atoms with Crippen LogP contribution in [-0.2, 0) is 0 Å². The summed E-state index contributed by atoms with van der Waals surface area (Å²) >= 11 is 1.83. The smallest absolute Gasteiger partial charge is 0.257 e. The molecule has 1 fully saturated rings. The number of phenols is 1. The fraction of sp³-hybridized carbons (Fsp3) is 0.333. The molecule has 1 aromatic heterocycles. The molecule has 1 aromatic carbocycles. The van der Waals surface area contributed by atoms with E-state index in [1.54, 1.807) is 17.0 Å². The van der Waals surface area contributed by atoms with Gasteiger partial charge in [-0.3, -0.25) is 4.79 Å². The Morgan fingerprint density at radius 1 is 1.30 bits per heavy atom. The van der Waals surface area contributed by atoms with Gasteiger partial charge < -0.3 is 10.0 Å². The molecule has 2 aromatic rings. The summed E-state index contributed by atoms with van der Waals surface area (Å²) in [4.78, 5) is 14.1. The second-order valence-corrected chi connectivity index (χ2v) is 5.59. The van der Waals surface area contributed by atoms with Gasteiger partial charge in [0.05, 0.1) is 11.3 Å². The van der Waals surface area contributed by atoms with E-state index in [0.29, 0.717) is 11.3 Å². The lowest BCUT2D eigenvalue weighted by Crippen LogP contribution is -2.37. The van der Waals surface area contributed by atoms with Gasteiger partial charge in [0.2, 0.25) is 0 Å². The minimum atomic E-state index is -0.133. The number of hydrogen-bond acceptors (Lipinski definition) is 6. The van der Waals surface area contributed by atoms with Gasteiger partial charge in [-0.15, -0.1) is 5.10 Å². The summed E-state index contributed by atoms with van der Waals surface area (Å²) in [6.45, 7) is 1.44. The lowest BCUT2D eigenvalue weighted by atomic mass is 10.1. The molecule has 0 bridgehead atoms. The van der Waals surface area contributed by atoms with Crippen LogP contribution in [0, 0.1) is 0 Å². The minimum absolute atomic E-state index is 0.0544. The zero-order valence-corrected chi connectivity index (χ0v) is 11.5. The van der Waals surface area contributed by atoms with Crippen LogP contribution in [0.25, 0.3) is 5.69 Å². The number of carbonyl (C=O) groups is 1. The summed E-state index contributed by atoms with van der Waals surface area (Å²) in [6, 6.07) is 4.81. The molecule has 2 heterocycles. The van der Waals surface area contributed by atoms with E-state index in [2.05, 4.69) is 15.5 Å². The number of thioether (sulfide) groups is 1. The molecule has 3 rings (SSSR count). The highest BCUT2D eigenvalue weighted by atomic mass is 32.2. The Hall–Kier alpha value is -2.09. The van der Waals surface area contributed by atoms with Crippen LogP contribution in [0.4, 0.5) is 0 Å². The van der Waals surface area contributed by atoms with E-state index in [4.69, 9.17) is 0 Å². The van der Waals surface area contributed by atoms with Crippen molar-refractivity contribution in [2.24, 2.45) is 0 Å². The summed E-state index contributed by atoms with van der Waals surface area (Å²) in [5.74, 6) is 1.69. The maximum Gasteiger partial charge on any atom is 0.257 e. The zero-order valence-electron chi connectivity index (χ0n) is 10.6. The monoisotopic (exact) mass is 291 g/mol. The van der Waals surface area contributed by atoms with Gasteiger partial charge in [0.25, 0.3) is 5.91 Å². The number of amides is 1. The first-order valence-electron chi connectivity index (χ1n) is 6.19. The van der Waals surface area contributed by atoms with Crippen molar-refractivity contribution in [1.82, 2.24) is 25.1 Å². The van der Waals surface area contributed by atoms with E-state index >= 15 is 0 Å². The first-order chi connectivity index (χ1) is 9.75. The van der Waals surface area contributed by atoms with E-state index in [1.165, 1.54) is 17.1 Å². The van der Waals surface area contributed by atoms with Gasteiger partial charge in [0.1, 0.15) is 12.1 Å². The summed E-state index contributed by atoms with van der Waals surface area (Å²) in [5.41, 5.74) is 0.923. The molecule has 1 N–H and O–H groups in total. The topological polar surface area (TPSA) is 84.1 Å². The van der Waals surface area contributed by atoms with Crippen LogP contribution in [-0.4, -0.2) is 60.7 Å². The summed E-state index contributed by atoms with van der Waals surface area (Å²) < 4.78 is 1.42. The molecule has 104 valence electrons. The quantitative estimate of drug-likeness (QED) is 0.870. The first kappa shape index (κ1) is 12.9. The van der Waals surface area contributed by atoms with Gasteiger partial charge in [0.15, 0.2) is 0 Å². The predicted octanol–water partition coefficient (Wildman–Crippen LogP) is 0.557. The second kappa shape index (κ2) is 5.49. The Labute approximate surface area is 119 Å². The van der Waals surface area contributed by atoms with Gasteiger partial charge in [0, 0.05) is 30.7 Å². The van der Waals surface area contributed by atoms with Crippen molar-refractivity contribution in [3.63, 3.8) is 0 Å². The lowest BCUT2D eigenvalue weighted by Gasteiger charge is -2.26. The first-order valence-corrected chi connectivity index (χ1v) is 7.34. The number of phenolic OH excluding ortho intramolecular Hbond substituents is 1. The van der Waals surface area contributed by atoms with Crippen LogP contribution in [0.3, 0.4) is 0 Å². The Morgan fingerprint density at radius 3 is 2.75 bits per heavy atom. The number of aromatic nitrogens is 4. The van der Waals surface area contributed by atoms with Crippen molar-refractivity contribution in [2.45, 2.75) is 0 Å². The third kappa shape index (κ3) is 2.46. The predicted molar refractivity (Wildman–Crippen MR) is 74.0 cm³/mol. The highest BCUT2D eigenvalue weighted by Gasteiger charge is 2.21. The number of aromatic hydroxyl groups is 1. The Kier molecular flexibility index (Phi) is 3.55. The maximum atomic E-state index is 12.3. The van der Waals surface area contributed by atoms with E-state index in [0.717, 1.165) is 24.6 Å². The van der Waals surface area contributed by atoms with Crippen molar-refractivity contribution in [2.75, 3.05) is 24.6 Å². The molecule has 0 saturated carbocycles. The van der Waals surface area contributed by atoms with Crippen LogP contribution in [0.2, 0.25) is 0 Å². The van der Waals surface area contributed by atoms with E-state index in [1.807, 2.05) is 11.8 Å². The summed E-state index contributed by atoms with van der Waals surface area (Å²) in [6.07, 6.45) is 1.43. The fourth-order valence-corrected chi connectivity index (χ4v) is 2.96. The molecule has 1 aliphatic heterocycles. The fourth-order valence-electron chi connectivity index (χ4n) is 2.06. The van der Waals surface area contributed by atoms with Crippen LogP contribution in [0.1, 0.15) is 10.4 Å². The molecule has 8 heteroatoms. The summed E-state index contributed by atoms with van der Waals surface area (Å²) in [5, 5.41) is 20.9. The van der Waals surface area contributed by atoms with Crippen molar-refractivity contribution >= 4 is 17.7 Å². The number of tetrazole rings is 1. The molecular formula is C12H13N5O2S. The van der Waals surface area contributed by atoms with E-state index < -0.39 is 0 Å². The Morgan fingerprint density at radius 2 is 2.10 bits per heavy atom. The lowest BCUT2D eigenvalue weighted by molar-refractivity contribution is 0.0769. The van der Waals surface area contributed by atoms with Gasteiger partial charge in [-0.1, -0.05) is 0 Å². The van der Waals surface area contributed by atoms with Crippen LogP contribution >= 0.6 is 11.8 Å². The largest absolute Gasteiger partial charge is 0.507 e. The number of nitrogens with zero attached hydrogens (tertiary/aromatic N) is 5. The maximum absolute atomic E-state index is 12.3. The number of rotatable bonds is 2. The third-order valence-corrected chi connectivity index (χ3v) is 4.07. The molecule has 0 atom stereocenters. The average Bonchev–Trinajstić information content (AvgIpc) is 3.01. The van der Waals surface area contributed by atoms with Gasteiger partial charge in [-0.05, 0) is 22.6 Å². The molecule has 1 aliphatic rings. The molecule has 1 saturated heterocycles. The number of hydrogen-bond donors (Lipinski definition) is 1. The van der Waals surface area contributed by atoms with E-state index in [9.17, 15) is 9.90 Å². The van der Waals surface area contributed by atoms with Gasteiger partial charge >= 0.3 is 0 Å². The van der Waals surface area contributed by atoms with Crippen LogP contribution in [0.15, 0.2) is 24.5 Å². The molecule has 7 nitrogen and oxygen atoms in total. The van der Waals surface area contributed by atoms with Crippen molar-refractivity contribution in [1.29, 1.82) is 0 Å². The van der Waals surface area contributed by atoms with Crippen molar-refractivity contribution in [3.05, 3.63) is 30.1 Å². The Bertz CT molecular complexity index is 610. The van der Waals surface area contributed by atoms with Crippen molar-refractivity contribution in [3.8, 4) is 11.4 Å². The molecule has 0 aliphatic carbocycles. The minimum Gasteiger partial charge on any atom is -0.507 e. The molecule has 1 amide bonds. The average molecular weight is 291 g/mol. The van der Waals surface area contributed by atoms with Gasteiger partial charge in [-0.2, -0.15) is 11.8 Å². The van der Waals surface area contributed by atoms with Crippen molar-refractivity contribution < 1.29 is 9.90 Å². The molecule has 0 unspecified atom stereocenters. The summed E-state index contributed by atoms with van der Waals surface area (Å²) in [7, 11) is 0. The normalized spacial score (nSPS) is 15.3. The van der Waals surface area contributed by atoms with Crippen LogP contribution in [0.5, 0.6) is 5.75 Å². The third-order valence-electron chi connectivity index (χ3n) is 3.12. The highest BCUT2D eigenvalue weighted by molar-refractivity contribution is 7.99. The zero-order chi connectivity index (χ0) is 13.9. The van der Waals surface area contributed by atoms with Crippen LogP contribution < -0.4 is 0 Å². The molecule has 0 spiro atoms. The second-order valence-electron chi connectivity index (χ2n) is 4.36. The molecule has 0 radical (unpaired) electrons.